The van der Waals surface area contributed by atoms with Crippen molar-refractivity contribution in [1.29, 1.82) is 0 Å². The number of anilines is 2. The van der Waals surface area contributed by atoms with Gasteiger partial charge in [0.2, 0.25) is 5.95 Å². The SMILES string of the molecule is Cc1nc(C(C)(C)C)nc(N2CCN(c3ncc(F)cn3)CC2)c1F. The second-order valence-corrected chi connectivity index (χ2v) is 7.20. The average Bonchev–Trinajstić information content (AvgIpc) is 2.57. The van der Waals surface area contributed by atoms with Crippen LogP contribution in [0.1, 0.15) is 32.3 Å². The van der Waals surface area contributed by atoms with Crippen molar-refractivity contribution in [3.8, 4) is 0 Å². The molecule has 134 valence electrons. The number of aromatic nitrogens is 4. The van der Waals surface area contributed by atoms with Gasteiger partial charge in [-0.2, -0.15) is 0 Å². The Morgan fingerprint density at radius 2 is 1.48 bits per heavy atom. The van der Waals surface area contributed by atoms with Crippen molar-refractivity contribution in [3.05, 3.63) is 35.5 Å². The van der Waals surface area contributed by atoms with Gasteiger partial charge in [-0.05, 0) is 6.92 Å². The molecule has 2 aromatic heterocycles. The molecule has 1 aliphatic rings. The fourth-order valence-corrected chi connectivity index (χ4v) is 2.68. The number of nitrogens with zero attached hydrogens (tertiary/aromatic N) is 6. The highest BCUT2D eigenvalue weighted by molar-refractivity contribution is 5.45. The first-order valence-corrected chi connectivity index (χ1v) is 8.28. The highest BCUT2D eigenvalue weighted by atomic mass is 19.1. The third-order valence-corrected chi connectivity index (χ3v) is 4.14. The van der Waals surface area contributed by atoms with Crippen molar-refractivity contribution in [3.63, 3.8) is 0 Å². The molecule has 2 aromatic rings. The molecule has 0 unspecified atom stereocenters. The lowest BCUT2D eigenvalue weighted by molar-refractivity contribution is 0.516. The van der Waals surface area contributed by atoms with Crippen LogP contribution in [0.25, 0.3) is 0 Å². The first-order valence-electron chi connectivity index (χ1n) is 8.28. The van der Waals surface area contributed by atoms with E-state index in [0.717, 1.165) is 12.4 Å². The molecule has 0 radical (unpaired) electrons. The van der Waals surface area contributed by atoms with E-state index in [2.05, 4.69) is 19.9 Å². The van der Waals surface area contributed by atoms with Crippen molar-refractivity contribution in [2.24, 2.45) is 0 Å². The molecule has 25 heavy (non-hydrogen) atoms. The van der Waals surface area contributed by atoms with Crippen LogP contribution in [-0.4, -0.2) is 46.1 Å². The van der Waals surface area contributed by atoms with Gasteiger partial charge >= 0.3 is 0 Å². The number of piperazine rings is 1. The van der Waals surface area contributed by atoms with E-state index in [-0.39, 0.29) is 11.2 Å². The zero-order valence-corrected chi connectivity index (χ0v) is 14.9. The molecule has 0 spiro atoms. The molecule has 1 saturated heterocycles. The smallest absolute Gasteiger partial charge is 0.225 e. The molecule has 0 aliphatic carbocycles. The normalized spacial score (nSPS) is 15.6. The van der Waals surface area contributed by atoms with Gasteiger partial charge in [0.15, 0.2) is 17.5 Å². The molecule has 0 N–H and O–H groups in total. The molecular formula is C17H22F2N6. The van der Waals surface area contributed by atoms with Crippen LogP contribution in [0.15, 0.2) is 12.4 Å². The van der Waals surface area contributed by atoms with Crippen molar-refractivity contribution in [1.82, 2.24) is 19.9 Å². The van der Waals surface area contributed by atoms with E-state index >= 15 is 0 Å². The van der Waals surface area contributed by atoms with Crippen molar-refractivity contribution in [2.45, 2.75) is 33.1 Å². The summed E-state index contributed by atoms with van der Waals surface area (Å²) in [5, 5.41) is 0. The van der Waals surface area contributed by atoms with Gasteiger partial charge in [-0.1, -0.05) is 20.8 Å². The van der Waals surface area contributed by atoms with Crippen molar-refractivity contribution in [2.75, 3.05) is 36.0 Å². The van der Waals surface area contributed by atoms with Crippen molar-refractivity contribution < 1.29 is 8.78 Å². The molecular weight excluding hydrogens is 326 g/mol. The first kappa shape index (κ1) is 17.4. The Kier molecular flexibility index (Phi) is 4.53. The van der Waals surface area contributed by atoms with E-state index in [4.69, 9.17) is 0 Å². The minimum absolute atomic E-state index is 0.253. The second-order valence-electron chi connectivity index (χ2n) is 7.20. The lowest BCUT2D eigenvalue weighted by atomic mass is 9.95. The summed E-state index contributed by atoms with van der Waals surface area (Å²) in [6, 6.07) is 0. The molecule has 0 aromatic carbocycles. The lowest BCUT2D eigenvalue weighted by Gasteiger charge is -2.36. The van der Waals surface area contributed by atoms with Crippen LogP contribution in [-0.2, 0) is 5.41 Å². The molecule has 3 heterocycles. The van der Waals surface area contributed by atoms with Crippen LogP contribution in [0.3, 0.4) is 0 Å². The third-order valence-electron chi connectivity index (χ3n) is 4.14. The molecule has 0 saturated carbocycles. The summed E-state index contributed by atoms with van der Waals surface area (Å²) in [4.78, 5) is 20.6. The Labute approximate surface area is 145 Å². The summed E-state index contributed by atoms with van der Waals surface area (Å²) < 4.78 is 27.5. The highest BCUT2D eigenvalue weighted by Crippen LogP contribution is 2.26. The molecule has 0 amide bonds. The summed E-state index contributed by atoms with van der Waals surface area (Å²) in [5.74, 6) is 0.619. The predicted molar refractivity (Wildman–Crippen MR) is 91.8 cm³/mol. The number of hydrogen-bond donors (Lipinski definition) is 0. The summed E-state index contributed by atoms with van der Waals surface area (Å²) in [6.07, 6.45) is 2.30. The van der Waals surface area contributed by atoms with Crippen LogP contribution in [0.4, 0.5) is 20.5 Å². The van der Waals surface area contributed by atoms with E-state index in [9.17, 15) is 8.78 Å². The van der Waals surface area contributed by atoms with E-state index in [1.54, 1.807) is 6.92 Å². The molecule has 3 rings (SSSR count). The van der Waals surface area contributed by atoms with E-state index in [1.165, 1.54) is 0 Å². The van der Waals surface area contributed by atoms with Crippen LogP contribution in [0.2, 0.25) is 0 Å². The average molecular weight is 348 g/mol. The van der Waals surface area contributed by atoms with Gasteiger partial charge in [-0.25, -0.2) is 28.7 Å². The Morgan fingerprint density at radius 3 is 2.04 bits per heavy atom. The Balaban J connectivity index is 1.78. The monoisotopic (exact) mass is 348 g/mol. The van der Waals surface area contributed by atoms with E-state index in [0.29, 0.717) is 49.5 Å². The minimum Gasteiger partial charge on any atom is -0.351 e. The topological polar surface area (TPSA) is 58.0 Å². The Bertz CT molecular complexity index is 749. The molecule has 1 aliphatic heterocycles. The van der Waals surface area contributed by atoms with Gasteiger partial charge in [0, 0.05) is 31.6 Å². The number of hydrogen-bond acceptors (Lipinski definition) is 6. The number of rotatable bonds is 2. The maximum atomic E-state index is 14.6. The van der Waals surface area contributed by atoms with Gasteiger partial charge < -0.3 is 9.80 Å². The zero-order chi connectivity index (χ0) is 18.2. The van der Waals surface area contributed by atoms with Crippen LogP contribution in [0, 0.1) is 18.6 Å². The number of halogens is 2. The van der Waals surface area contributed by atoms with Gasteiger partial charge in [0.25, 0.3) is 0 Å². The molecule has 0 atom stereocenters. The zero-order valence-electron chi connectivity index (χ0n) is 14.9. The van der Waals surface area contributed by atoms with Gasteiger partial charge in [0.1, 0.15) is 5.82 Å². The fraction of sp³-hybridized carbons (Fsp3) is 0.529. The summed E-state index contributed by atoms with van der Waals surface area (Å²) in [7, 11) is 0. The largest absolute Gasteiger partial charge is 0.351 e. The van der Waals surface area contributed by atoms with Crippen LogP contribution in [0.5, 0.6) is 0 Å². The summed E-state index contributed by atoms with van der Waals surface area (Å²) in [5.41, 5.74) is 0.107. The van der Waals surface area contributed by atoms with Crippen LogP contribution >= 0.6 is 0 Å². The van der Waals surface area contributed by atoms with Gasteiger partial charge in [-0.3, -0.25) is 0 Å². The summed E-state index contributed by atoms with van der Waals surface area (Å²) >= 11 is 0. The second kappa shape index (κ2) is 6.50. The molecule has 6 nitrogen and oxygen atoms in total. The van der Waals surface area contributed by atoms with Crippen molar-refractivity contribution >= 4 is 11.8 Å². The van der Waals surface area contributed by atoms with Crippen LogP contribution < -0.4 is 9.80 Å². The van der Waals surface area contributed by atoms with Gasteiger partial charge in [-0.15, -0.1) is 0 Å². The lowest BCUT2D eigenvalue weighted by Crippen LogP contribution is -2.48. The van der Waals surface area contributed by atoms with Gasteiger partial charge in [0.05, 0.1) is 18.1 Å². The quantitative estimate of drug-likeness (QED) is 0.831. The highest BCUT2D eigenvalue weighted by Gasteiger charge is 2.26. The Hall–Kier alpha value is -2.38. The van der Waals surface area contributed by atoms with E-state index in [1.807, 2.05) is 30.6 Å². The predicted octanol–water partition coefficient (Wildman–Crippen LogP) is 2.48. The first-order chi connectivity index (χ1) is 11.8. The van der Waals surface area contributed by atoms with E-state index < -0.39 is 5.82 Å². The minimum atomic E-state index is -0.462. The molecule has 8 heteroatoms. The number of aryl methyl sites for hydroxylation is 1. The maximum absolute atomic E-state index is 14.6. The molecule has 1 fully saturated rings. The fourth-order valence-electron chi connectivity index (χ4n) is 2.68. The third kappa shape index (κ3) is 3.67. The maximum Gasteiger partial charge on any atom is 0.225 e. The summed E-state index contributed by atoms with van der Waals surface area (Å²) in [6.45, 7) is 10.1. The molecule has 0 bridgehead atoms. The standard InChI is InChI=1S/C17H22F2N6/c1-11-13(19)14(23-15(22-11)17(2,3)4)24-5-7-25(8-6-24)16-20-9-12(18)10-21-16/h9-10H,5-8H2,1-4H3. The Morgan fingerprint density at radius 1 is 0.920 bits per heavy atom.